The normalized spacial score (nSPS) is 24.4. The highest BCUT2D eigenvalue weighted by Gasteiger charge is 2.32. The van der Waals surface area contributed by atoms with Crippen molar-refractivity contribution in [2.24, 2.45) is 0 Å². The van der Waals surface area contributed by atoms with Crippen LogP contribution in [0.2, 0.25) is 0 Å². The number of piperidine rings is 1. The van der Waals surface area contributed by atoms with Gasteiger partial charge in [0.25, 0.3) is 0 Å². The zero-order valence-corrected chi connectivity index (χ0v) is 13.6. The summed E-state index contributed by atoms with van der Waals surface area (Å²) in [6.07, 6.45) is -1.06. The number of tetrazole rings is 1. The van der Waals surface area contributed by atoms with Gasteiger partial charge in [0.15, 0.2) is 5.82 Å². The number of nitrogens with zero attached hydrogens (tertiary/aromatic N) is 6. The minimum atomic E-state index is -4.32. The van der Waals surface area contributed by atoms with Crippen molar-refractivity contribution in [3.63, 3.8) is 0 Å². The van der Waals surface area contributed by atoms with Crippen LogP contribution in [0.3, 0.4) is 0 Å². The lowest BCUT2D eigenvalue weighted by Crippen LogP contribution is -2.49. The topological polar surface area (TPSA) is 59.3 Å². The fourth-order valence-corrected chi connectivity index (χ4v) is 3.37. The molecule has 1 atom stereocenters. The molecule has 7 nitrogen and oxygen atoms in total. The number of morpholine rings is 1. The molecule has 0 unspecified atom stereocenters. The summed E-state index contributed by atoms with van der Waals surface area (Å²) < 4.78 is 44.1. The Morgan fingerprint density at radius 1 is 1.12 bits per heavy atom. The quantitative estimate of drug-likeness (QED) is 0.789. The summed E-state index contributed by atoms with van der Waals surface area (Å²) in [6.45, 7) is 4.33. The first-order chi connectivity index (χ1) is 11.5. The van der Waals surface area contributed by atoms with Gasteiger partial charge in [0, 0.05) is 25.7 Å². The van der Waals surface area contributed by atoms with Crippen LogP contribution in [0.1, 0.15) is 25.1 Å². The van der Waals surface area contributed by atoms with Crippen molar-refractivity contribution in [1.82, 2.24) is 30.0 Å². The number of likely N-dealkylation sites (tertiary alicyclic amines) is 1. The highest BCUT2D eigenvalue weighted by atomic mass is 19.4. The predicted molar refractivity (Wildman–Crippen MR) is 79.2 cm³/mol. The Kier molecular flexibility index (Phi) is 5.67. The van der Waals surface area contributed by atoms with Crippen molar-refractivity contribution in [3.05, 3.63) is 5.82 Å². The molecule has 0 aliphatic carbocycles. The number of rotatable bonds is 5. The summed E-state index contributed by atoms with van der Waals surface area (Å²) in [5.41, 5.74) is 0. The number of hydrogen-bond acceptors (Lipinski definition) is 6. The van der Waals surface area contributed by atoms with Gasteiger partial charge >= 0.3 is 6.18 Å². The van der Waals surface area contributed by atoms with E-state index in [0.29, 0.717) is 12.6 Å². The van der Waals surface area contributed by atoms with E-state index in [-0.39, 0.29) is 5.82 Å². The van der Waals surface area contributed by atoms with Crippen LogP contribution in [0.4, 0.5) is 13.2 Å². The number of hydrogen-bond donors (Lipinski definition) is 0. The van der Waals surface area contributed by atoms with Gasteiger partial charge in [-0.05, 0) is 29.8 Å². The largest absolute Gasteiger partial charge is 0.408 e. The third kappa shape index (κ3) is 4.87. The van der Waals surface area contributed by atoms with Crippen molar-refractivity contribution < 1.29 is 17.9 Å². The summed E-state index contributed by atoms with van der Waals surface area (Å²) in [5.74, 6) is 0.279. The van der Waals surface area contributed by atoms with E-state index in [0.717, 1.165) is 63.3 Å². The van der Waals surface area contributed by atoms with E-state index in [2.05, 4.69) is 25.3 Å². The maximum Gasteiger partial charge on any atom is 0.408 e. The van der Waals surface area contributed by atoms with Crippen molar-refractivity contribution in [2.45, 2.75) is 44.6 Å². The lowest BCUT2D eigenvalue weighted by molar-refractivity contribution is -0.143. The zero-order valence-electron chi connectivity index (χ0n) is 13.6. The van der Waals surface area contributed by atoms with Crippen LogP contribution in [0, 0.1) is 0 Å². The molecule has 2 aliphatic rings. The molecule has 1 aromatic heterocycles. The van der Waals surface area contributed by atoms with Crippen LogP contribution >= 0.6 is 0 Å². The SMILES string of the molecule is FC(F)(F)Cn1nnnc1CN1CCCC[C@@H]1CN1CCOCC1. The van der Waals surface area contributed by atoms with Crippen LogP contribution in [0.25, 0.3) is 0 Å². The van der Waals surface area contributed by atoms with E-state index in [1.807, 2.05) is 0 Å². The second kappa shape index (κ2) is 7.75. The molecule has 0 amide bonds. The van der Waals surface area contributed by atoms with Gasteiger partial charge in [-0.15, -0.1) is 5.10 Å². The maximum atomic E-state index is 12.6. The van der Waals surface area contributed by atoms with Gasteiger partial charge in [0.2, 0.25) is 0 Å². The molecule has 1 aromatic rings. The monoisotopic (exact) mass is 348 g/mol. The number of halogens is 3. The lowest BCUT2D eigenvalue weighted by atomic mass is 10.0. The molecule has 3 rings (SSSR count). The molecule has 2 fully saturated rings. The molecule has 10 heteroatoms. The summed E-state index contributed by atoms with van der Waals surface area (Å²) >= 11 is 0. The van der Waals surface area contributed by atoms with Gasteiger partial charge in [-0.25, -0.2) is 4.68 Å². The molecule has 3 heterocycles. The Balaban J connectivity index is 1.62. The fraction of sp³-hybridized carbons (Fsp3) is 0.929. The van der Waals surface area contributed by atoms with Crippen molar-refractivity contribution in [3.8, 4) is 0 Å². The minimum Gasteiger partial charge on any atom is -0.379 e. The molecule has 0 bridgehead atoms. The lowest BCUT2D eigenvalue weighted by Gasteiger charge is -2.39. The van der Waals surface area contributed by atoms with Gasteiger partial charge in [-0.1, -0.05) is 6.42 Å². The van der Waals surface area contributed by atoms with E-state index in [9.17, 15) is 13.2 Å². The third-order valence-electron chi connectivity index (χ3n) is 4.60. The Hall–Kier alpha value is -1.26. The average Bonchev–Trinajstić information content (AvgIpc) is 2.95. The van der Waals surface area contributed by atoms with Crippen LogP contribution in [-0.2, 0) is 17.8 Å². The molecule has 0 radical (unpaired) electrons. The Morgan fingerprint density at radius 2 is 1.92 bits per heavy atom. The molecule has 0 spiro atoms. The molecule has 0 aromatic carbocycles. The van der Waals surface area contributed by atoms with Gasteiger partial charge in [0.05, 0.1) is 19.8 Å². The first-order valence-corrected chi connectivity index (χ1v) is 8.37. The minimum absolute atomic E-state index is 0.279. The van der Waals surface area contributed by atoms with Gasteiger partial charge in [-0.3, -0.25) is 9.80 Å². The van der Waals surface area contributed by atoms with Crippen LogP contribution < -0.4 is 0 Å². The molecule has 0 N–H and O–H groups in total. The maximum absolute atomic E-state index is 12.6. The summed E-state index contributed by atoms with van der Waals surface area (Å²) in [5, 5.41) is 10.7. The predicted octanol–water partition coefficient (Wildman–Crippen LogP) is 0.922. The summed E-state index contributed by atoms with van der Waals surface area (Å²) in [4.78, 5) is 4.59. The van der Waals surface area contributed by atoms with Crippen LogP contribution in [0.15, 0.2) is 0 Å². The van der Waals surface area contributed by atoms with Crippen molar-refractivity contribution >= 4 is 0 Å². The van der Waals surface area contributed by atoms with Gasteiger partial charge < -0.3 is 4.74 Å². The Labute approximate surface area is 138 Å². The fourth-order valence-electron chi connectivity index (χ4n) is 3.37. The summed E-state index contributed by atoms with van der Waals surface area (Å²) in [6, 6.07) is 0.327. The van der Waals surface area contributed by atoms with Crippen LogP contribution in [0.5, 0.6) is 0 Å². The average molecular weight is 348 g/mol. The molecular formula is C14H23F3N6O. The number of aromatic nitrogens is 4. The molecule has 136 valence electrons. The van der Waals surface area contributed by atoms with Gasteiger partial charge in [0.1, 0.15) is 6.54 Å². The highest BCUT2D eigenvalue weighted by Crippen LogP contribution is 2.22. The summed E-state index contributed by atoms with van der Waals surface area (Å²) in [7, 11) is 0. The Bertz CT molecular complexity index is 517. The highest BCUT2D eigenvalue weighted by molar-refractivity contribution is 4.88. The molecule has 2 saturated heterocycles. The zero-order chi connectivity index (χ0) is 17.0. The van der Waals surface area contributed by atoms with E-state index in [4.69, 9.17) is 4.74 Å². The number of alkyl halides is 3. The number of ether oxygens (including phenoxy) is 1. The van der Waals surface area contributed by atoms with Crippen molar-refractivity contribution in [1.29, 1.82) is 0 Å². The van der Waals surface area contributed by atoms with Crippen molar-refractivity contribution in [2.75, 3.05) is 39.4 Å². The third-order valence-corrected chi connectivity index (χ3v) is 4.60. The molecular weight excluding hydrogens is 325 g/mol. The second-order valence-electron chi connectivity index (χ2n) is 6.40. The standard InChI is InChI=1S/C14H23F3N6O/c15-14(16,17)11-23-13(18-19-20-23)10-22-4-2-1-3-12(22)9-21-5-7-24-8-6-21/h12H,1-11H2/t12-/m1/s1. The van der Waals surface area contributed by atoms with E-state index in [1.54, 1.807) is 0 Å². The van der Waals surface area contributed by atoms with E-state index >= 15 is 0 Å². The first kappa shape index (κ1) is 17.6. The first-order valence-electron chi connectivity index (χ1n) is 8.37. The van der Waals surface area contributed by atoms with Gasteiger partial charge in [-0.2, -0.15) is 13.2 Å². The Morgan fingerprint density at radius 3 is 2.67 bits per heavy atom. The smallest absolute Gasteiger partial charge is 0.379 e. The second-order valence-corrected chi connectivity index (χ2v) is 6.40. The molecule has 24 heavy (non-hydrogen) atoms. The van der Waals surface area contributed by atoms with Crippen LogP contribution in [-0.4, -0.2) is 81.6 Å². The molecule has 0 saturated carbocycles. The van der Waals surface area contributed by atoms with E-state index < -0.39 is 12.7 Å². The van der Waals surface area contributed by atoms with E-state index in [1.165, 1.54) is 0 Å². The molecule has 2 aliphatic heterocycles.